The molecule has 0 spiro atoms. The molecule has 2 aliphatic heterocycles. The van der Waals surface area contributed by atoms with Crippen molar-refractivity contribution in [3.8, 4) is 0 Å². The number of amides is 1. The second-order valence-electron chi connectivity index (χ2n) is 7.04. The van der Waals surface area contributed by atoms with Crippen LogP contribution in [0.4, 0.5) is 0 Å². The third-order valence-corrected chi connectivity index (χ3v) is 5.82. The third-order valence-electron chi connectivity index (χ3n) is 4.98. The van der Waals surface area contributed by atoms with Gasteiger partial charge >= 0.3 is 0 Å². The maximum Gasteiger partial charge on any atom is 0.246 e. The summed E-state index contributed by atoms with van der Waals surface area (Å²) < 4.78 is 11.6. The van der Waals surface area contributed by atoms with Crippen LogP contribution < -0.4 is 0 Å². The van der Waals surface area contributed by atoms with Crippen LogP contribution in [0.15, 0.2) is 28.0 Å². The van der Waals surface area contributed by atoms with Gasteiger partial charge in [-0.2, -0.15) is 0 Å². The van der Waals surface area contributed by atoms with Crippen molar-refractivity contribution in [3.05, 3.63) is 40.2 Å². The molecule has 0 bridgehead atoms. The van der Waals surface area contributed by atoms with Gasteiger partial charge in [0.1, 0.15) is 0 Å². The second-order valence-corrected chi connectivity index (χ2v) is 8.02. The van der Waals surface area contributed by atoms with Crippen LogP contribution in [0.3, 0.4) is 0 Å². The number of rotatable bonds is 4. The predicted molar refractivity (Wildman–Crippen MR) is 94.3 cm³/mol. The first kappa shape index (κ1) is 16.5. The van der Waals surface area contributed by atoms with Gasteiger partial charge in [0, 0.05) is 35.9 Å². The molecule has 2 fully saturated rings. The molecule has 132 valence electrons. The number of hydrogen-bond acceptors (Lipinski definition) is 6. The molecule has 1 amide bonds. The molecule has 0 N–H and O–H groups in total. The first-order valence-electron chi connectivity index (χ1n) is 8.50. The van der Waals surface area contributed by atoms with E-state index in [1.807, 2.05) is 42.3 Å². The van der Waals surface area contributed by atoms with Crippen molar-refractivity contribution >= 4 is 23.3 Å². The molecule has 2 atom stereocenters. The average molecular weight is 359 g/mol. The number of thiophene rings is 1. The van der Waals surface area contributed by atoms with Crippen molar-refractivity contribution in [1.82, 2.24) is 15.1 Å². The van der Waals surface area contributed by atoms with E-state index in [4.69, 9.17) is 9.15 Å². The summed E-state index contributed by atoms with van der Waals surface area (Å²) in [5.41, 5.74) is -0.368. The van der Waals surface area contributed by atoms with E-state index in [1.165, 1.54) is 0 Å². The largest absolute Gasteiger partial charge is 0.424 e. The summed E-state index contributed by atoms with van der Waals surface area (Å²) in [4.78, 5) is 15.5. The number of ether oxygens (including phenoxy) is 1. The van der Waals surface area contributed by atoms with Crippen molar-refractivity contribution < 1.29 is 13.9 Å². The van der Waals surface area contributed by atoms with Crippen molar-refractivity contribution in [2.75, 3.05) is 26.3 Å². The van der Waals surface area contributed by atoms with E-state index in [0.717, 1.165) is 4.88 Å². The molecular formula is C18H21N3O3S. The molecule has 2 aromatic heterocycles. The minimum atomic E-state index is -0.368. The number of carbonyl (C=O) groups excluding carboxylic acids is 1. The Hall–Kier alpha value is -1.99. The molecule has 25 heavy (non-hydrogen) atoms. The van der Waals surface area contributed by atoms with Crippen LogP contribution in [0.25, 0.3) is 6.08 Å². The van der Waals surface area contributed by atoms with E-state index in [0.29, 0.717) is 38.1 Å². The van der Waals surface area contributed by atoms with Crippen LogP contribution in [-0.2, 0) is 14.9 Å². The minimum Gasteiger partial charge on any atom is -0.424 e. The molecule has 6 nitrogen and oxygen atoms in total. The number of nitrogens with zero attached hydrogens (tertiary/aromatic N) is 3. The van der Waals surface area contributed by atoms with Crippen LogP contribution >= 0.6 is 11.3 Å². The molecule has 4 rings (SSSR count). The molecule has 0 aromatic carbocycles. The highest BCUT2D eigenvalue weighted by Gasteiger charge is 2.56. The lowest BCUT2D eigenvalue weighted by Crippen LogP contribution is -2.37. The van der Waals surface area contributed by atoms with Gasteiger partial charge in [0.15, 0.2) is 0 Å². The monoisotopic (exact) mass is 359 g/mol. The Labute approximate surface area is 150 Å². The zero-order valence-corrected chi connectivity index (χ0v) is 15.2. The molecule has 0 saturated carbocycles. The van der Waals surface area contributed by atoms with Crippen LogP contribution in [0, 0.1) is 5.92 Å². The Morgan fingerprint density at radius 1 is 1.48 bits per heavy atom. The van der Waals surface area contributed by atoms with Gasteiger partial charge in [-0.1, -0.05) is 19.9 Å². The van der Waals surface area contributed by atoms with Gasteiger partial charge in [-0.3, -0.25) is 4.79 Å². The number of aromatic nitrogens is 2. The van der Waals surface area contributed by atoms with E-state index >= 15 is 0 Å². The molecule has 0 radical (unpaired) electrons. The summed E-state index contributed by atoms with van der Waals surface area (Å²) in [6, 6.07) is 3.97. The van der Waals surface area contributed by atoms with Gasteiger partial charge < -0.3 is 14.1 Å². The molecule has 2 saturated heterocycles. The normalized spacial score (nSPS) is 26.0. The summed E-state index contributed by atoms with van der Waals surface area (Å²) in [7, 11) is 0. The first-order chi connectivity index (χ1) is 12.1. The Kier molecular flexibility index (Phi) is 4.21. The van der Waals surface area contributed by atoms with E-state index in [1.54, 1.807) is 17.4 Å². The predicted octanol–water partition coefficient (Wildman–Crippen LogP) is 2.69. The van der Waals surface area contributed by atoms with Gasteiger partial charge in [-0.05, 0) is 17.5 Å². The highest BCUT2D eigenvalue weighted by Crippen LogP contribution is 2.43. The van der Waals surface area contributed by atoms with E-state index < -0.39 is 0 Å². The average Bonchev–Trinajstić information content (AvgIpc) is 3.34. The van der Waals surface area contributed by atoms with Gasteiger partial charge in [0.25, 0.3) is 0 Å². The van der Waals surface area contributed by atoms with Crippen LogP contribution in [-0.4, -0.2) is 47.3 Å². The third kappa shape index (κ3) is 2.91. The lowest BCUT2D eigenvalue weighted by molar-refractivity contribution is -0.125. The Balaban J connectivity index is 1.54. The second kappa shape index (κ2) is 6.38. The SMILES string of the molecule is CC(C)c1nnc([C@@]23COC[C@@H]2CN(C(=O)/C=C/c2cccs2)C3)o1. The van der Waals surface area contributed by atoms with E-state index in [2.05, 4.69) is 10.2 Å². The van der Waals surface area contributed by atoms with Gasteiger partial charge in [-0.25, -0.2) is 0 Å². The molecule has 0 aliphatic carbocycles. The van der Waals surface area contributed by atoms with Crippen molar-refractivity contribution in [2.24, 2.45) is 5.92 Å². The van der Waals surface area contributed by atoms with E-state index in [-0.39, 0.29) is 23.2 Å². The number of hydrogen-bond donors (Lipinski definition) is 0. The first-order valence-corrected chi connectivity index (χ1v) is 9.38. The molecular weight excluding hydrogens is 338 g/mol. The Morgan fingerprint density at radius 2 is 2.36 bits per heavy atom. The van der Waals surface area contributed by atoms with Crippen molar-refractivity contribution in [1.29, 1.82) is 0 Å². The number of likely N-dealkylation sites (tertiary alicyclic amines) is 1. The summed E-state index contributed by atoms with van der Waals surface area (Å²) >= 11 is 1.61. The van der Waals surface area contributed by atoms with Crippen LogP contribution in [0.2, 0.25) is 0 Å². The van der Waals surface area contributed by atoms with Crippen molar-refractivity contribution in [3.63, 3.8) is 0 Å². The zero-order valence-electron chi connectivity index (χ0n) is 14.3. The standard InChI is InChI=1S/C18H21N3O3S/c1-12(2)16-19-20-17(24-16)18-10-21(8-13(18)9-23-11-18)15(22)6-5-14-4-3-7-25-14/h3-7,12-13H,8-11H2,1-2H3/b6-5+/t13-,18-/m0/s1. The lowest BCUT2D eigenvalue weighted by Gasteiger charge is -2.22. The fraction of sp³-hybridized carbons (Fsp3) is 0.500. The minimum absolute atomic E-state index is 0.0192. The topological polar surface area (TPSA) is 68.5 Å². The maximum absolute atomic E-state index is 12.6. The van der Waals surface area contributed by atoms with Crippen molar-refractivity contribution in [2.45, 2.75) is 25.2 Å². The highest BCUT2D eigenvalue weighted by atomic mass is 32.1. The van der Waals surface area contributed by atoms with Gasteiger partial charge in [-0.15, -0.1) is 21.5 Å². The Bertz CT molecular complexity index is 783. The summed E-state index contributed by atoms with van der Waals surface area (Å²) in [6.45, 7) is 6.42. The lowest BCUT2D eigenvalue weighted by atomic mass is 9.81. The zero-order chi connectivity index (χ0) is 17.4. The molecule has 4 heterocycles. The fourth-order valence-corrected chi connectivity index (χ4v) is 4.14. The molecule has 2 aromatic rings. The summed E-state index contributed by atoms with van der Waals surface area (Å²) in [5.74, 6) is 1.65. The van der Waals surface area contributed by atoms with Gasteiger partial charge in [0.05, 0.1) is 18.6 Å². The fourth-order valence-electron chi connectivity index (χ4n) is 3.52. The van der Waals surface area contributed by atoms with E-state index in [9.17, 15) is 4.79 Å². The Morgan fingerprint density at radius 3 is 3.08 bits per heavy atom. The summed E-state index contributed by atoms with van der Waals surface area (Å²) in [5, 5.41) is 10.4. The number of fused-ring (bicyclic) bond motifs is 1. The highest BCUT2D eigenvalue weighted by molar-refractivity contribution is 7.10. The van der Waals surface area contributed by atoms with Crippen LogP contribution in [0.5, 0.6) is 0 Å². The molecule has 7 heteroatoms. The maximum atomic E-state index is 12.6. The number of carbonyl (C=O) groups is 1. The summed E-state index contributed by atoms with van der Waals surface area (Å²) in [6.07, 6.45) is 3.52. The smallest absolute Gasteiger partial charge is 0.246 e. The van der Waals surface area contributed by atoms with Crippen LogP contribution in [0.1, 0.15) is 36.4 Å². The van der Waals surface area contributed by atoms with Gasteiger partial charge in [0.2, 0.25) is 17.7 Å². The quantitative estimate of drug-likeness (QED) is 0.785. The molecule has 0 unspecified atom stereocenters. The molecule has 2 aliphatic rings.